The summed E-state index contributed by atoms with van der Waals surface area (Å²) < 4.78 is 4.99. The van der Waals surface area contributed by atoms with E-state index >= 15 is 0 Å². The molecule has 4 bridgehead atoms. The van der Waals surface area contributed by atoms with Crippen LogP contribution < -0.4 is 0 Å². The van der Waals surface area contributed by atoms with Gasteiger partial charge in [0.15, 0.2) is 17.5 Å². The Balaban J connectivity index is 1.05. The van der Waals surface area contributed by atoms with Gasteiger partial charge in [0.1, 0.15) is 0 Å². The fraction of sp³-hybridized carbons (Fsp3) is 0.204. The fourth-order valence-electron chi connectivity index (χ4n) is 11.9. The molecule has 5 heteroatoms. The van der Waals surface area contributed by atoms with E-state index in [2.05, 4.69) is 127 Å². The summed E-state index contributed by atoms with van der Waals surface area (Å²) in [5.74, 6) is 5.50. The number of fused-ring (bicyclic) bond motifs is 9. The lowest BCUT2D eigenvalue weighted by atomic mass is 9.43. The zero-order valence-corrected chi connectivity index (χ0v) is 31.3. The van der Waals surface area contributed by atoms with Crippen LogP contribution >= 0.6 is 22.7 Å². The molecule has 14 rings (SSSR count). The van der Waals surface area contributed by atoms with Crippen molar-refractivity contribution >= 4 is 63.0 Å². The average Bonchev–Trinajstić information content (AvgIpc) is 3.88. The lowest BCUT2D eigenvalue weighted by molar-refractivity contribution is -0.0399. The summed E-state index contributed by atoms with van der Waals surface area (Å²) in [6.45, 7) is 0. The van der Waals surface area contributed by atoms with Crippen molar-refractivity contribution in [3.63, 3.8) is 0 Å². The first kappa shape index (κ1) is 30.1. The van der Waals surface area contributed by atoms with Gasteiger partial charge in [-0.25, -0.2) is 15.0 Å². The summed E-state index contributed by atoms with van der Waals surface area (Å²) >= 11 is 3.65. The molecular formula is C49H35N3S2. The normalized spacial score (nSPS) is 23.6. The molecule has 0 N–H and O–H groups in total. The van der Waals surface area contributed by atoms with Crippen LogP contribution in [0.1, 0.15) is 43.2 Å². The first-order valence-electron chi connectivity index (χ1n) is 19.5. The van der Waals surface area contributed by atoms with Gasteiger partial charge in [0, 0.05) is 62.4 Å². The summed E-state index contributed by atoms with van der Waals surface area (Å²) in [4.78, 5) is 16.1. The van der Waals surface area contributed by atoms with Crippen LogP contribution in [0.2, 0.25) is 0 Å². The summed E-state index contributed by atoms with van der Waals surface area (Å²) in [7, 11) is 0. The number of aromatic nitrogens is 3. The SMILES string of the molecule is c1ccc2c(c1)-c1cc(-c3nc(-c4cccc5c4sc4ccccc45)nc(-c4cccc5c4sc4ccccc45)n3)ccc1C21C2CC3CC(C2)CC1C3. The number of thiophene rings is 2. The lowest BCUT2D eigenvalue weighted by Gasteiger charge is -2.61. The maximum absolute atomic E-state index is 5.39. The number of nitrogens with zero attached hydrogens (tertiary/aromatic N) is 3. The van der Waals surface area contributed by atoms with Crippen molar-refractivity contribution in [2.24, 2.45) is 23.7 Å². The standard InChI is InChI=1S/C49H35N3S2/c1-4-16-40-32(9-1)39-26-29(19-20-41(39)49(40)30-22-27-21-28(24-30)25-31(49)23-27)46-50-47(37-14-7-12-35-33-10-2-5-17-42(33)53-44(35)37)52-48(51-46)38-15-8-13-36-34-11-3-6-18-43(34)54-45(36)38/h1-20,26-28,30-31H,21-25H2. The minimum atomic E-state index is 0.140. The van der Waals surface area contributed by atoms with Crippen LogP contribution in [0.15, 0.2) is 127 Å². The van der Waals surface area contributed by atoms with Gasteiger partial charge in [-0.2, -0.15) is 0 Å². The third kappa shape index (κ3) is 3.99. The highest BCUT2D eigenvalue weighted by Crippen LogP contribution is 2.69. The van der Waals surface area contributed by atoms with Crippen molar-refractivity contribution in [1.82, 2.24) is 15.0 Å². The predicted octanol–water partition coefficient (Wildman–Crippen LogP) is 13.3. The van der Waals surface area contributed by atoms with Crippen molar-refractivity contribution in [2.45, 2.75) is 37.5 Å². The van der Waals surface area contributed by atoms with E-state index in [1.807, 2.05) is 22.7 Å². The Morgan fingerprint density at radius 1 is 0.426 bits per heavy atom. The third-order valence-electron chi connectivity index (χ3n) is 13.7. The van der Waals surface area contributed by atoms with Crippen LogP contribution in [-0.2, 0) is 5.41 Å². The molecule has 5 aliphatic rings. The van der Waals surface area contributed by atoms with Gasteiger partial charge in [0.2, 0.25) is 0 Å². The largest absolute Gasteiger partial charge is 0.208 e. The molecule has 0 radical (unpaired) electrons. The van der Waals surface area contributed by atoms with Crippen LogP contribution in [0.25, 0.3) is 85.6 Å². The number of benzene rings is 6. The Kier molecular flexibility index (Phi) is 6.10. The number of hydrogen-bond donors (Lipinski definition) is 0. The van der Waals surface area contributed by atoms with E-state index in [0.717, 1.165) is 57.8 Å². The molecule has 0 saturated heterocycles. The maximum atomic E-state index is 5.39. The van der Waals surface area contributed by atoms with Crippen molar-refractivity contribution < 1.29 is 0 Å². The molecule has 6 aromatic carbocycles. The highest BCUT2D eigenvalue weighted by Gasteiger charge is 2.61. The van der Waals surface area contributed by atoms with Crippen molar-refractivity contribution in [3.05, 3.63) is 139 Å². The summed E-state index contributed by atoms with van der Waals surface area (Å²) in [5, 5.41) is 5.05. The fourth-order valence-corrected chi connectivity index (χ4v) is 14.3. The Morgan fingerprint density at radius 2 is 0.926 bits per heavy atom. The number of hydrogen-bond acceptors (Lipinski definition) is 5. The maximum Gasteiger partial charge on any atom is 0.165 e. The van der Waals surface area contributed by atoms with E-state index < -0.39 is 0 Å². The van der Waals surface area contributed by atoms with Gasteiger partial charge in [0.05, 0.1) is 0 Å². The Labute approximate surface area is 321 Å². The second-order valence-electron chi connectivity index (χ2n) is 16.3. The second-order valence-corrected chi connectivity index (χ2v) is 18.5. The Bertz CT molecular complexity index is 2880. The van der Waals surface area contributed by atoms with Gasteiger partial charge >= 0.3 is 0 Å². The van der Waals surface area contributed by atoms with Crippen molar-refractivity contribution in [2.75, 3.05) is 0 Å². The van der Waals surface area contributed by atoms with E-state index in [0.29, 0.717) is 0 Å². The zero-order chi connectivity index (χ0) is 35.1. The molecule has 0 unspecified atom stereocenters. The van der Waals surface area contributed by atoms with Gasteiger partial charge in [-0.15, -0.1) is 22.7 Å². The topological polar surface area (TPSA) is 38.7 Å². The first-order valence-corrected chi connectivity index (χ1v) is 21.2. The van der Waals surface area contributed by atoms with Gasteiger partial charge in [-0.05, 0) is 108 Å². The van der Waals surface area contributed by atoms with E-state index in [1.165, 1.54) is 83.6 Å². The Hall–Kier alpha value is -5.23. The van der Waals surface area contributed by atoms with E-state index in [4.69, 9.17) is 15.0 Å². The van der Waals surface area contributed by atoms with E-state index in [9.17, 15) is 0 Å². The molecule has 3 heterocycles. The molecule has 3 aromatic heterocycles. The summed E-state index contributed by atoms with van der Waals surface area (Å²) in [6.07, 6.45) is 7.00. The van der Waals surface area contributed by atoms with E-state index in [1.54, 1.807) is 11.1 Å². The molecule has 4 saturated carbocycles. The van der Waals surface area contributed by atoms with Crippen LogP contribution in [0.5, 0.6) is 0 Å². The molecule has 0 aliphatic heterocycles. The molecule has 54 heavy (non-hydrogen) atoms. The molecule has 5 aliphatic carbocycles. The van der Waals surface area contributed by atoms with E-state index in [-0.39, 0.29) is 5.41 Å². The highest BCUT2D eigenvalue weighted by molar-refractivity contribution is 7.26. The third-order valence-corrected chi connectivity index (χ3v) is 16.2. The molecule has 4 fully saturated rings. The molecule has 1 spiro atoms. The van der Waals surface area contributed by atoms with Gasteiger partial charge in [-0.1, -0.05) is 97.1 Å². The van der Waals surface area contributed by atoms with Gasteiger partial charge in [-0.3, -0.25) is 0 Å². The lowest BCUT2D eigenvalue weighted by Crippen LogP contribution is -2.55. The van der Waals surface area contributed by atoms with Crippen LogP contribution in [0, 0.1) is 23.7 Å². The molecule has 0 atom stereocenters. The first-order chi connectivity index (χ1) is 26.7. The highest BCUT2D eigenvalue weighted by atomic mass is 32.1. The molecular weight excluding hydrogens is 695 g/mol. The summed E-state index contributed by atoms with van der Waals surface area (Å²) in [5.41, 5.74) is 9.25. The van der Waals surface area contributed by atoms with Crippen molar-refractivity contribution in [1.29, 1.82) is 0 Å². The van der Waals surface area contributed by atoms with Crippen LogP contribution in [-0.4, -0.2) is 15.0 Å². The van der Waals surface area contributed by atoms with Gasteiger partial charge < -0.3 is 0 Å². The second kappa shape index (κ2) is 10.9. The zero-order valence-electron chi connectivity index (χ0n) is 29.6. The molecule has 3 nitrogen and oxygen atoms in total. The van der Waals surface area contributed by atoms with Crippen molar-refractivity contribution in [3.8, 4) is 45.3 Å². The number of rotatable bonds is 3. The van der Waals surface area contributed by atoms with Crippen LogP contribution in [0.3, 0.4) is 0 Å². The monoisotopic (exact) mass is 729 g/mol. The van der Waals surface area contributed by atoms with Gasteiger partial charge in [0.25, 0.3) is 0 Å². The quantitative estimate of drug-likeness (QED) is 0.182. The minimum absolute atomic E-state index is 0.140. The Morgan fingerprint density at radius 3 is 1.56 bits per heavy atom. The smallest absolute Gasteiger partial charge is 0.165 e. The molecule has 0 amide bonds. The average molecular weight is 730 g/mol. The summed E-state index contributed by atoms with van der Waals surface area (Å²) in [6, 6.07) is 47.2. The molecule has 9 aromatic rings. The predicted molar refractivity (Wildman–Crippen MR) is 225 cm³/mol. The minimum Gasteiger partial charge on any atom is -0.208 e. The van der Waals surface area contributed by atoms with Crippen LogP contribution in [0.4, 0.5) is 0 Å². The molecule has 258 valence electrons.